The maximum Gasteiger partial charge on any atom is 0.143 e. The zero-order valence-electron chi connectivity index (χ0n) is 12.0. The van der Waals surface area contributed by atoms with Crippen LogP contribution in [0.15, 0.2) is 4.47 Å². The molecular formula is C14H21BrN2O. The summed E-state index contributed by atoms with van der Waals surface area (Å²) in [7, 11) is 1.89. The van der Waals surface area contributed by atoms with Gasteiger partial charge in [-0.25, -0.2) is 0 Å². The maximum absolute atomic E-state index is 12.5. The summed E-state index contributed by atoms with van der Waals surface area (Å²) < 4.78 is 2.77. The first kappa shape index (κ1) is 13.8. The van der Waals surface area contributed by atoms with Crippen LogP contribution in [0.1, 0.15) is 39.1 Å². The molecule has 0 N–H and O–H groups in total. The van der Waals surface area contributed by atoms with E-state index in [1.54, 1.807) is 4.68 Å². The average Bonchev–Trinajstić information content (AvgIpc) is 2.51. The normalized spacial score (nSPS) is 21.1. The average molecular weight is 313 g/mol. The van der Waals surface area contributed by atoms with E-state index in [9.17, 15) is 4.79 Å². The van der Waals surface area contributed by atoms with Crippen molar-refractivity contribution in [2.75, 3.05) is 0 Å². The lowest BCUT2D eigenvalue weighted by Gasteiger charge is -2.04. The van der Waals surface area contributed by atoms with Crippen LogP contribution in [0.4, 0.5) is 0 Å². The number of carbonyl (C=O) groups is 1. The van der Waals surface area contributed by atoms with Crippen molar-refractivity contribution in [1.29, 1.82) is 0 Å². The van der Waals surface area contributed by atoms with E-state index in [0.29, 0.717) is 12.2 Å². The first-order chi connectivity index (χ1) is 8.10. The van der Waals surface area contributed by atoms with Crippen LogP contribution < -0.4 is 0 Å². The highest BCUT2D eigenvalue weighted by Crippen LogP contribution is 2.68. The number of ketones is 1. The van der Waals surface area contributed by atoms with Gasteiger partial charge in [0.1, 0.15) is 5.78 Å². The van der Waals surface area contributed by atoms with Gasteiger partial charge in [-0.15, -0.1) is 0 Å². The fourth-order valence-electron chi connectivity index (χ4n) is 3.14. The van der Waals surface area contributed by atoms with Crippen molar-refractivity contribution >= 4 is 21.7 Å². The van der Waals surface area contributed by atoms with E-state index in [1.807, 2.05) is 14.0 Å². The zero-order valence-corrected chi connectivity index (χ0v) is 13.6. The van der Waals surface area contributed by atoms with Gasteiger partial charge in [-0.1, -0.05) is 27.7 Å². The van der Waals surface area contributed by atoms with Crippen LogP contribution in [0.2, 0.25) is 0 Å². The van der Waals surface area contributed by atoms with Crippen LogP contribution in [-0.2, 0) is 18.3 Å². The Bertz CT molecular complexity index is 500. The molecule has 0 spiro atoms. The van der Waals surface area contributed by atoms with Gasteiger partial charge in [-0.2, -0.15) is 5.10 Å². The van der Waals surface area contributed by atoms with E-state index in [-0.39, 0.29) is 16.7 Å². The van der Waals surface area contributed by atoms with Crippen molar-refractivity contribution in [3.8, 4) is 0 Å². The van der Waals surface area contributed by atoms with Gasteiger partial charge in [0.15, 0.2) is 0 Å². The smallest absolute Gasteiger partial charge is 0.143 e. The van der Waals surface area contributed by atoms with Crippen molar-refractivity contribution in [2.24, 2.45) is 23.8 Å². The highest BCUT2D eigenvalue weighted by molar-refractivity contribution is 9.10. The van der Waals surface area contributed by atoms with Gasteiger partial charge in [0.25, 0.3) is 0 Å². The van der Waals surface area contributed by atoms with Gasteiger partial charge in [0.05, 0.1) is 15.9 Å². The SMILES string of the molecule is Cc1nn(C)c(CC(=O)C2C(C)(C)C2(C)C)c1Br. The number of Topliss-reactive ketones (excluding diaryl/α,β-unsaturated/α-hetero) is 1. The fourth-order valence-corrected chi connectivity index (χ4v) is 3.62. The summed E-state index contributed by atoms with van der Waals surface area (Å²) >= 11 is 3.52. The van der Waals surface area contributed by atoms with Gasteiger partial charge < -0.3 is 0 Å². The lowest BCUT2D eigenvalue weighted by Crippen LogP contribution is -2.13. The van der Waals surface area contributed by atoms with Crippen LogP contribution >= 0.6 is 15.9 Å². The van der Waals surface area contributed by atoms with Crippen molar-refractivity contribution in [3.63, 3.8) is 0 Å². The van der Waals surface area contributed by atoms with Crippen molar-refractivity contribution in [2.45, 2.75) is 41.0 Å². The standard InChI is InChI=1S/C14H21BrN2O/c1-8-11(15)9(17(6)16-8)7-10(18)12-13(2,3)14(12,4)5/h12H,7H2,1-6H3. The summed E-state index contributed by atoms with van der Waals surface area (Å²) in [5.74, 6) is 0.487. The summed E-state index contributed by atoms with van der Waals surface area (Å²) in [4.78, 5) is 12.5. The van der Waals surface area contributed by atoms with Gasteiger partial charge in [-0.3, -0.25) is 9.48 Å². The Hall–Kier alpha value is -0.640. The molecule has 18 heavy (non-hydrogen) atoms. The Labute approximate surface area is 117 Å². The number of aromatic nitrogens is 2. The van der Waals surface area contributed by atoms with Gasteiger partial charge in [0, 0.05) is 19.4 Å². The number of aryl methyl sites for hydroxylation is 2. The molecule has 1 aromatic rings. The third-order valence-electron chi connectivity index (χ3n) is 4.95. The predicted molar refractivity (Wildman–Crippen MR) is 75.4 cm³/mol. The molecule has 0 saturated heterocycles. The third kappa shape index (κ3) is 1.77. The number of nitrogens with zero attached hydrogens (tertiary/aromatic N) is 2. The molecule has 100 valence electrons. The molecule has 1 aliphatic rings. The molecular weight excluding hydrogens is 292 g/mol. The number of halogens is 1. The van der Waals surface area contributed by atoms with Crippen molar-refractivity contribution < 1.29 is 4.79 Å². The molecule has 0 radical (unpaired) electrons. The summed E-state index contributed by atoms with van der Waals surface area (Å²) in [5.41, 5.74) is 2.15. The minimum Gasteiger partial charge on any atom is -0.299 e. The van der Waals surface area contributed by atoms with E-state index >= 15 is 0 Å². The molecule has 0 unspecified atom stereocenters. The van der Waals surface area contributed by atoms with Crippen molar-refractivity contribution in [3.05, 3.63) is 15.9 Å². The summed E-state index contributed by atoms with van der Waals surface area (Å²) in [6.45, 7) is 10.7. The molecule has 1 heterocycles. The van der Waals surface area contributed by atoms with Crippen LogP contribution in [0.25, 0.3) is 0 Å². The number of hydrogen-bond acceptors (Lipinski definition) is 2. The molecule has 1 saturated carbocycles. The second kappa shape index (κ2) is 3.92. The van der Waals surface area contributed by atoms with E-state index < -0.39 is 0 Å². The Balaban J connectivity index is 2.20. The minimum atomic E-state index is 0.115. The fraction of sp³-hybridized carbons (Fsp3) is 0.714. The van der Waals surface area contributed by atoms with Crippen molar-refractivity contribution in [1.82, 2.24) is 9.78 Å². The topological polar surface area (TPSA) is 34.9 Å². The Morgan fingerprint density at radius 1 is 1.33 bits per heavy atom. The monoisotopic (exact) mass is 312 g/mol. The highest BCUT2D eigenvalue weighted by atomic mass is 79.9. The Morgan fingerprint density at radius 3 is 2.17 bits per heavy atom. The summed E-state index contributed by atoms with van der Waals surface area (Å²) in [5, 5.41) is 4.33. The number of rotatable bonds is 3. The predicted octanol–water partition coefficient (Wildman–Crippen LogP) is 3.28. The quantitative estimate of drug-likeness (QED) is 0.858. The van der Waals surface area contributed by atoms with Gasteiger partial charge in [0.2, 0.25) is 0 Å². The lowest BCUT2D eigenvalue weighted by atomic mass is 10.0. The lowest BCUT2D eigenvalue weighted by molar-refractivity contribution is -0.120. The second-order valence-electron chi connectivity index (χ2n) is 6.49. The minimum absolute atomic E-state index is 0.115. The molecule has 3 nitrogen and oxygen atoms in total. The van der Waals surface area contributed by atoms with Crippen LogP contribution in [0.5, 0.6) is 0 Å². The number of carbonyl (C=O) groups excluding carboxylic acids is 1. The van der Waals surface area contributed by atoms with Gasteiger partial charge in [-0.05, 0) is 33.7 Å². The first-order valence-electron chi connectivity index (χ1n) is 6.31. The van der Waals surface area contributed by atoms with E-state index in [4.69, 9.17) is 0 Å². The molecule has 0 aromatic carbocycles. The molecule has 2 rings (SSSR count). The molecule has 1 aromatic heterocycles. The highest BCUT2D eigenvalue weighted by Gasteiger charge is 2.67. The molecule has 0 aliphatic heterocycles. The molecule has 4 heteroatoms. The molecule has 1 fully saturated rings. The number of hydrogen-bond donors (Lipinski definition) is 0. The third-order valence-corrected chi connectivity index (χ3v) is 5.98. The molecule has 0 bridgehead atoms. The molecule has 0 atom stereocenters. The zero-order chi connectivity index (χ0) is 13.9. The summed E-state index contributed by atoms with van der Waals surface area (Å²) in [6, 6.07) is 0. The molecule has 1 aliphatic carbocycles. The summed E-state index contributed by atoms with van der Waals surface area (Å²) in [6.07, 6.45) is 0.468. The largest absolute Gasteiger partial charge is 0.299 e. The maximum atomic E-state index is 12.5. The van der Waals surface area contributed by atoms with Gasteiger partial charge >= 0.3 is 0 Å². The van der Waals surface area contributed by atoms with Crippen LogP contribution in [0.3, 0.4) is 0 Å². The van der Waals surface area contributed by atoms with E-state index in [2.05, 4.69) is 48.7 Å². The Morgan fingerprint density at radius 2 is 1.83 bits per heavy atom. The van der Waals surface area contributed by atoms with Crippen LogP contribution in [0, 0.1) is 23.7 Å². The second-order valence-corrected chi connectivity index (χ2v) is 7.28. The van der Waals surface area contributed by atoms with E-state index in [0.717, 1.165) is 15.9 Å². The van der Waals surface area contributed by atoms with E-state index in [1.165, 1.54) is 0 Å². The van der Waals surface area contributed by atoms with Crippen LogP contribution in [-0.4, -0.2) is 15.6 Å². The molecule has 0 amide bonds. The first-order valence-corrected chi connectivity index (χ1v) is 7.10. The Kier molecular flexibility index (Phi) is 3.01.